The summed E-state index contributed by atoms with van der Waals surface area (Å²) < 4.78 is 10.4. The van der Waals surface area contributed by atoms with Gasteiger partial charge in [0.05, 0.1) is 0 Å². The second-order valence-corrected chi connectivity index (χ2v) is 15.8. The van der Waals surface area contributed by atoms with Crippen molar-refractivity contribution < 1.29 is 24.2 Å². The van der Waals surface area contributed by atoms with Gasteiger partial charge in [-0.3, -0.25) is 9.59 Å². The zero-order valence-corrected chi connectivity index (χ0v) is 32.9. The maximum atomic E-state index is 12.0. The van der Waals surface area contributed by atoms with E-state index in [1.165, 1.54) is 167 Å². The molecule has 0 heterocycles. The van der Waals surface area contributed by atoms with Gasteiger partial charge in [0.1, 0.15) is 19.3 Å². The van der Waals surface area contributed by atoms with Gasteiger partial charge in [0.2, 0.25) is 0 Å². The van der Waals surface area contributed by atoms with Crippen LogP contribution in [-0.4, -0.2) is 36.4 Å². The molecule has 0 aromatic carbocycles. The van der Waals surface area contributed by atoms with Gasteiger partial charge in [0, 0.05) is 12.8 Å². The number of hydrogen-bond donors (Lipinski definition) is 1. The summed E-state index contributed by atoms with van der Waals surface area (Å²) in [7, 11) is 0. The van der Waals surface area contributed by atoms with Crippen LogP contribution in [0.15, 0.2) is 0 Å². The van der Waals surface area contributed by atoms with Gasteiger partial charge in [-0.25, -0.2) is 0 Å². The summed E-state index contributed by atoms with van der Waals surface area (Å²) in [6.07, 6.45) is 38.8. The molecule has 0 spiro atoms. The van der Waals surface area contributed by atoms with Gasteiger partial charge in [-0.15, -0.1) is 0 Å². The first kappa shape index (κ1) is 46.9. The highest BCUT2D eigenvalue weighted by Crippen LogP contribution is 2.17. The van der Waals surface area contributed by atoms with Crippen molar-refractivity contribution in [2.24, 2.45) is 11.8 Å². The minimum atomic E-state index is -0.956. The molecule has 0 aliphatic heterocycles. The molecule has 0 saturated carbocycles. The molecular formula is C43H84O5. The van der Waals surface area contributed by atoms with Crippen molar-refractivity contribution in [3.05, 3.63) is 0 Å². The van der Waals surface area contributed by atoms with Crippen LogP contribution in [0, 0.1) is 11.8 Å². The number of carbonyl (C=O) groups is 2. The maximum absolute atomic E-state index is 12.0. The van der Waals surface area contributed by atoms with Crippen LogP contribution in [0.1, 0.15) is 233 Å². The van der Waals surface area contributed by atoms with Crippen LogP contribution in [-0.2, 0) is 19.1 Å². The quantitative estimate of drug-likeness (QED) is 0.0519. The van der Waals surface area contributed by atoms with Crippen molar-refractivity contribution in [3.8, 4) is 0 Å². The number of ether oxygens (including phenoxy) is 2. The molecule has 0 amide bonds. The molecule has 5 nitrogen and oxygen atoms in total. The predicted molar refractivity (Wildman–Crippen MR) is 205 cm³/mol. The van der Waals surface area contributed by atoms with Crippen LogP contribution in [0.3, 0.4) is 0 Å². The van der Waals surface area contributed by atoms with Crippen molar-refractivity contribution >= 4 is 11.9 Å². The van der Waals surface area contributed by atoms with E-state index in [4.69, 9.17) is 9.47 Å². The summed E-state index contributed by atoms with van der Waals surface area (Å²) in [6, 6.07) is 0. The molecule has 0 aliphatic rings. The van der Waals surface area contributed by atoms with Gasteiger partial charge >= 0.3 is 11.9 Å². The first-order chi connectivity index (χ1) is 23.3. The lowest BCUT2D eigenvalue weighted by Crippen LogP contribution is -2.25. The highest BCUT2D eigenvalue weighted by Gasteiger charge is 2.12. The Morgan fingerprint density at radius 2 is 0.583 bits per heavy atom. The lowest BCUT2D eigenvalue weighted by atomic mass is 10.0. The third-order valence-electron chi connectivity index (χ3n) is 9.70. The van der Waals surface area contributed by atoms with Gasteiger partial charge in [-0.2, -0.15) is 0 Å². The van der Waals surface area contributed by atoms with Gasteiger partial charge in [-0.1, -0.05) is 207 Å². The second kappa shape index (κ2) is 37.2. The zero-order valence-electron chi connectivity index (χ0n) is 32.9. The standard InChI is InChI=1S/C43H84O5/c1-39(2)33-29-25-21-17-13-11-9-7-5-6-8-10-12-14-19-23-27-31-35-42(45)47-37-41(44)38-48-43(46)36-32-28-24-20-16-15-18-22-26-30-34-40(3)4/h39-41,44H,5-38H2,1-4H3/t41-/m0/s1. The van der Waals surface area contributed by atoms with Crippen LogP contribution in [0.25, 0.3) is 0 Å². The summed E-state index contributed by atoms with van der Waals surface area (Å²) in [5, 5.41) is 10.0. The Bertz CT molecular complexity index is 676. The largest absolute Gasteiger partial charge is 0.463 e. The average Bonchev–Trinajstić information content (AvgIpc) is 3.05. The number of esters is 2. The average molecular weight is 681 g/mol. The molecule has 0 unspecified atom stereocenters. The molecule has 48 heavy (non-hydrogen) atoms. The molecule has 1 atom stereocenters. The first-order valence-electron chi connectivity index (χ1n) is 21.3. The predicted octanol–water partition coefficient (Wildman–Crippen LogP) is 13.2. The normalized spacial score (nSPS) is 12.2. The summed E-state index contributed by atoms with van der Waals surface area (Å²) in [5.74, 6) is 1.14. The van der Waals surface area contributed by atoms with Crippen LogP contribution in [0.5, 0.6) is 0 Å². The van der Waals surface area contributed by atoms with Gasteiger partial charge in [0.15, 0.2) is 0 Å². The third kappa shape index (κ3) is 39.3. The lowest BCUT2D eigenvalue weighted by molar-refractivity contribution is -0.152. The minimum absolute atomic E-state index is 0.109. The molecule has 0 radical (unpaired) electrons. The van der Waals surface area contributed by atoms with Crippen molar-refractivity contribution in [3.63, 3.8) is 0 Å². The molecule has 0 aliphatic carbocycles. The van der Waals surface area contributed by atoms with Crippen molar-refractivity contribution in [2.45, 2.75) is 239 Å². The Labute approximate surface area is 299 Å². The number of aliphatic hydroxyl groups is 1. The number of carbonyl (C=O) groups excluding carboxylic acids is 2. The van der Waals surface area contributed by atoms with Crippen molar-refractivity contribution in [1.29, 1.82) is 0 Å². The van der Waals surface area contributed by atoms with Crippen LogP contribution in [0.4, 0.5) is 0 Å². The SMILES string of the molecule is CC(C)CCCCCCCCCCCCCCCCCCCCC(=O)OC[C@H](O)COC(=O)CCCCCCCCCCCCC(C)C. The number of aliphatic hydroxyl groups excluding tert-OH is 1. The van der Waals surface area contributed by atoms with Crippen LogP contribution >= 0.6 is 0 Å². The van der Waals surface area contributed by atoms with Crippen molar-refractivity contribution in [2.75, 3.05) is 13.2 Å². The Kier molecular flexibility index (Phi) is 36.3. The van der Waals surface area contributed by atoms with Gasteiger partial charge < -0.3 is 14.6 Å². The molecule has 286 valence electrons. The number of unbranched alkanes of at least 4 members (excludes halogenated alkanes) is 26. The molecule has 0 saturated heterocycles. The highest BCUT2D eigenvalue weighted by atomic mass is 16.6. The fraction of sp³-hybridized carbons (Fsp3) is 0.953. The number of rotatable bonds is 38. The van der Waals surface area contributed by atoms with Gasteiger partial charge in [-0.05, 0) is 24.7 Å². The van der Waals surface area contributed by atoms with E-state index in [2.05, 4.69) is 27.7 Å². The van der Waals surface area contributed by atoms with E-state index in [0.717, 1.165) is 37.5 Å². The summed E-state index contributed by atoms with van der Waals surface area (Å²) in [6.45, 7) is 9.03. The second-order valence-electron chi connectivity index (χ2n) is 15.8. The fourth-order valence-electron chi connectivity index (χ4n) is 6.46. The lowest BCUT2D eigenvalue weighted by Gasteiger charge is -2.12. The van der Waals surface area contributed by atoms with E-state index < -0.39 is 6.10 Å². The Morgan fingerprint density at radius 1 is 0.375 bits per heavy atom. The van der Waals surface area contributed by atoms with Crippen LogP contribution < -0.4 is 0 Å². The molecule has 0 aromatic rings. The molecule has 5 heteroatoms. The molecule has 1 N–H and O–H groups in total. The highest BCUT2D eigenvalue weighted by molar-refractivity contribution is 5.69. The topological polar surface area (TPSA) is 72.8 Å². The molecule has 0 aromatic heterocycles. The molecular weight excluding hydrogens is 596 g/mol. The van der Waals surface area contributed by atoms with E-state index in [1.54, 1.807) is 0 Å². The molecule has 0 rings (SSSR count). The summed E-state index contributed by atoms with van der Waals surface area (Å²) >= 11 is 0. The maximum Gasteiger partial charge on any atom is 0.305 e. The monoisotopic (exact) mass is 681 g/mol. The number of hydrogen-bond acceptors (Lipinski definition) is 5. The van der Waals surface area contributed by atoms with E-state index in [0.29, 0.717) is 12.8 Å². The van der Waals surface area contributed by atoms with E-state index in [-0.39, 0.29) is 25.2 Å². The fourth-order valence-corrected chi connectivity index (χ4v) is 6.46. The van der Waals surface area contributed by atoms with E-state index in [1.807, 2.05) is 0 Å². The van der Waals surface area contributed by atoms with E-state index >= 15 is 0 Å². The Morgan fingerprint density at radius 3 is 0.812 bits per heavy atom. The van der Waals surface area contributed by atoms with Crippen LogP contribution in [0.2, 0.25) is 0 Å². The van der Waals surface area contributed by atoms with E-state index in [9.17, 15) is 14.7 Å². The first-order valence-corrected chi connectivity index (χ1v) is 21.3. The Hall–Kier alpha value is -1.10. The molecule has 0 fully saturated rings. The smallest absolute Gasteiger partial charge is 0.305 e. The third-order valence-corrected chi connectivity index (χ3v) is 9.70. The van der Waals surface area contributed by atoms with Gasteiger partial charge in [0.25, 0.3) is 0 Å². The van der Waals surface area contributed by atoms with Crippen molar-refractivity contribution in [1.82, 2.24) is 0 Å². The summed E-state index contributed by atoms with van der Waals surface area (Å²) in [5.41, 5.74) is 0. The zero-order chi connectivity index (χ0) is 35.3. The molecule has 0 bridgehead atoms. The Balaban J connectivity index is 3.35. The minimum Gasteiger partial charge on any atom is -0.463 e. The summed E-state index contributed by atoms with van der Waals surface area (Å²) in [4.78, 5) is 24.0.